The Morgan fingerprint density at radius 3 is 2.76 bits per heavy atom. The van der Waals surface area contributed by atoms with Crippen LogP contribution in [-0.2, 0) is 13.1 Å². The third kappa shape index (κ3) is 3.63. The van der Waals surface area contributed by atoms with E-state index in [2.05, 4.69) is 45.4 Å². The first-order valence-corrected chi connectivity index (χ1v) is 6.97. The fourth-order valence-electron chi connectivity index (χ4n) is 1.67. The molecule has 17 heavy (non-hydrogen) atoms. The summed E-state index contributed by atoms with van der Waals surface area (Å²) in [5, 5.41) is 2.08. The molecule has 0 fully saturated rings. The lowest BCUT2D eigenvalue weighted by Gasteiger charge is -2.15. The monoisotopic (exact) mass is 313 g/mol. The highest BCUT2D eigenvalue weighted by Gasteiger charge is 2.05. The standard InChI is InChI=1S/C13H13BrFNS/c1-16(9-11-3-2-6-17-11)8-10-4-5-13(15)12(14)7-10/h2-7H,8-9H2,1H3. The van der Waals surface area contributed by atoms with E-state index in [1.165, 1.54) is 10.9 Å². The van der Waals surface area contributed by atoms with E-state index in [1.807, 2.05) is 12.1 Å². The molecule has 0 saturated heterocycles. The largest absolute Gasteiger partial charge is 0.297 e. The van der Waals surface area contributed by atoms with Gasteiger partial charge in [0.05, 0.1) is 4.47 Å². The average molecular weight is 314 g/mol. The molecule has 0 aliphatic carbocycles. The van der Waals surface area contributed by atoms with E-state index in [-0.39, 0.29) is 5.82 Å². The van der Waals surface area contributed by atoms with E-state index < -0.39 is 0 Å². The maximum Gasteiger partial charge on any atom is 0.137 e. The van der Waals surface area contributed by atoms with Crippen LogP contribution in [-0.4, -0.2) is 11.9 Å². The van der Waals surface area contributed by atoms with Gasteiger partial charge in [0.2, 0.25) is 0 Å². The van der Waals surface area contributed by atoms with Crippen LogP contribution < -0.4 is 0 Å². The van der Waals surface area contributed by atoms with E-state index in [0.29, 0.717) is 4.47 Å². The minimum Gasteiger partial charge on any atom is -0.297 e. The Hall–Kier alpha value is -0.710. The topological polar surface area (TPSA) is 3.24 Å². The Balaban J connectivity index is 1.98. The number of hydrogen-bond donors (Lipinski definition) is 0. The average Bonchev–Trinajstić information content (AvgIpc) is 2.76. The lowest BCUT2D eigenvalue weighted by Crippen LogP contribution is -2.16. The van der Waals surface area contributed by atoms with Crippen LogP contribution in [0.15, 0.2) is 40.2 Å². The van der Waals surface area contributed by atoms with Gasteiger partial charge in [-0.15, -0.1) is 11.3 Å². The van der Waals surface area contributed by atoms with Crippen molar-refractivity contribution in [3.8, 4) is 0 Å². The molecule has 0 spiro atoms. The number of nitrogens with zero attached hydrogens (tertiary/aromatic N) is 1. The van der Waals surface area contributed by atoms with Crippen molar-refractivity contribution in [1.29, 1.82) is 0 Å². The van der Waals surface area contributed by atoms with Crippen molar-refractivity contribution >= 4 is 27.3 Å². The summed E-state index contributed by atoms with van der Waals surface area (Å²) in [7, 11) is 2.07. The van der Waals surface area contributed by atoms with Crippen LogP contribution in [0.3, 0.4) is 0 Å². The zero-order valence-corrected chi connectivity index (χ0v) is 11.9. The Morgan fingerprint density at radius 1 is 1.29 bits per heavy atom. The zero-order chi connectivity index (χ0) is 12.3. The smallest absolute Gasteiger partial charge is 0.137 e. The molecule has 1 heterocycles. The van der Waals surface area contributed by atoms with Crippen molar-refractivity contribution in [2.24, 2.45) is 0 Å². The molecule has 0 aliphatic rings. The first kappa shape index (κ1) is 12.7. The van der Waals surface area contributed by atoms with Crippen molar-refractivity contribution in [1.82, 2.24) is 4.90 Å². The Morgan fingerprint density at radius 2 is 2.12 bits per heavy atom. The predicted octanol–water partition coefficient (Wildman–Crippen LogP) is 4.28. The van der Waals surface area contributed by atoms with Crippen molar-refractivity contribution in [2.45, 2.75) is 13.1 Å². The molecule has 0 bridgehead atoms. The molecule has 0 radical (unpaired) electrons. The van der Waals surface area contributed by atoms with Crippen LogP contribution in [0.1, 0.15) is 10.4 Å². The van der Waals surface area contributed by atoms with Crippen LogP contribution >= 0.6 is 27.3 Å². The van der Waals surface area contributed by atoms with Gasteiger partial charge in [0.25, 0.3) is 0 Å². The van der Waals surface area contributed by atoms with Crippen LogP contribution in [0.4, 0.5) is 4.39 Å². The maximum atomic E-state index is 13.1. The van der Waals surface area contributed by atoms with Gasteiger partial charge in [0.15, 0.2) is 0 Å². The van der Waals surface area contributed by atoms with Crippen LogP contribution in [0.2, 0.25) is 0 Å². The first-order chi connectivity index (χ1) is 8.15. The first-order valence-electron chi connectivity index (χ1n) is 5.30. The number of rotatable bonds is 4. The Kier molecular flexibility index (Phi) is 4.31. The molecule has 0 aliphatic heterocycles. The Bertz CT molecular complexity index is 484. The summed E-state index contributed by atoms with van der Waals surface area (Å²) in [6.45, 7) is 1.74. The SMILES string of the molecule is CN(Cc1ccc(F)c(Br)c1)Cc1cccs1. The van der Waals surface area contributed by atoms with Crippen LogP contribution in [0.5, 0.6) is 0 Å². The van der Waals surface area contributed by atoms with E-state index in [1.54, 1.807) is 11.3 Å². The fourth-order valence-corrected chi connectivity index (χ4v) is 2.88. The maximum absolute atomic E-state index is 13.1. The molecule has 0 N–H and O–H groups in total. The molecule has 4 heteroatoms. The van der Waals surface area contributed by atoms with E-state index >= 15 is 0 Å². The molecule has 2 rings (SSSR count). The minimum absolute atomic E-state index is 0.213. The lowest BCUT2D eigenvalue weighted by molar-refractivity contribution is 0.322. The van der Waals surface area contributed by atoms with Gasteiger partial charge in [-0.3, -0.25) is 4.90 Å². The van der Waals surface area contributed by atoms with Crippen LogP contribution in [0.25, 0.3) is 0 Å². The van der Waals surface area contributed by atoms with Gasteiger partial charge in [-0.2, -0.15) is 0 Å². The second kappa shape index (κ2) is 5.76. The summed E-state index contributed by atoms with van der Waals surface area (Å²) in [5.41, 5.74) is 1.11. The molecule has 2 aromatic rings. The summed E-state index contributed by atoms with van der Waals surface area (Å²) >= 11 is 4.96. The summed E-state index contributed by atoms with van der Waals surface area (Å²) < 4.78 is 13.6. The molecule has 1 nitrogen and oxygen atoms in total. The van der Waals surface area contributed by atoms with Gasteiger partial charge in [-0.1, -0.05) is 12.1 Å². The summed E-state index contributed by atoms with van der Waals surface area (Å²) in [4.78, 5) is 3.56. The van der Waals surface area contributed by atoms with Crippen molar-refractivity contribution in [2.75, 3.05) is 7.05 Å². The number of halogens is 2. The van der Waals surface area contributed by atoms with Gasteiger partial charge < -0.3 is 0 Å². The van der Waals surface area contributed by atoms with Crippen molar-refractivity contribution in [3.05, 3.63) is 56.4 Å². The van der Waals surface area contributed by atoms with Crippen molar-refractivity contribution in [3.63, 3.8) is 0 Å². The molecule has 0 unspecified atom stereocenters. The second-order valence-electron chi connectivity index (χ2n) is 4.00. The molecule has 0 saturated carbocycles. The second-order valence-corrected chi connectivity index (χ2v) is 5.89. The Labute approximate surface area is 113 Å². The molecular formula is C13H13BrFNS. The summed E-state index contributed by atoms with van der Waals surface area (Å²) in [6.07, 6.45) is 0. The molecule has 1 aromatic heterocycles. The highest BCUT2D eigenvalue weighted by Crippen LogP contribution is 2.18. The van der Waals surface area contributed by atoms with Gasteiger partial charge in [-0.25, -0.2) is 4.39 Å². The molecule has 0 amide bonds. The minimum atomic E-state index is -0.213. The quantitative estimate of drug-likeness (QED) is 0.814. The number of hydrogen-bond acceptors (Lipinski definition) is 2. The third-order valence-corrected chi connectivity index (χ3v) is 3.91. The van der Waals surface area contributed by atoms with Gasteiger partial charge in [0, 0.05) is 18.0 Å². The van der Waals surface area contributed by atoms with E-state index in [0.717, 1.165) is 18.7 Å². The van der Waals surface area contributed by atoms with Gasteiger partial charge in [0.1, 0.15) is 5.82 Å². The fraction of sp³-hybridized carbons (Fsp3) is 0.231. The summed E-state index contributed by atoms with van der Waals surface area (Å²) in [5.74, 6) is -0.213. The van der Waals surface area contributed by atoms with E-state index in [9.17, 15) is 4.39 Å². The summed E-state index contributed by atoms with van der Waals surface area (Å²) in [6, 6.07) is 9.34. The lowest BCUT2D eigenvalue weighted by atomic mass is 10.2. The number of benzene rings is 1. The van der Waals surface area contributed by atoms with Crippen molar-refractivity contribution < 1.29 is 4.39 Å². The van der Waals surface area contributed by atoms with E-state index in [4.69, 9.17) is 0 Å². The zero-order valence-electron chi connectivity index (χ0n) is 9.49. The van der Waals surface area contributed by atoms with Gasteiger partial charge >= 0.3 is 0 Å². The number of thiophene rings is 1. The highest BCUT2D eigenvalue weighted by atomic mass is 79.9. The molecule has 1 aromatic carbocycles. The predicted molar refractivity (Wildman–Crippen MR) is 73.6 cm³/mol. The normalized spacial score (nSPS) is 11.1. The highest BCUT2D eigenvalue weighted by molar-refractivity contribution is 9.10. The third-order valence-electron chi connectivity index (χ3n) is 2.44. The van der Waals surface area contributed by atoms with Crippen LogP contribution in [0, 0.1) is 5.82 Å². The molecule has 90 valence electrons. The van der Waals surface area contributed by atoms with Gasteiger partial charge in [-0.05, 0) is 52.1 Å². The molecule has 0 atom stereocenters. The molecular weight excluding hydrogens is 301 g/mol.